The molecule has 0 unspecified atom stereocenters. The van der Waals surface area contributed by atoms with E-state index in [2.05, 4.69) is 20.5 Å². The second-order valence-corrected chi connectivity index (χ2v) is 6.87. The van der Waals surface area contributed by atoms with Crippen LogP contribution in [0.4, 0.5) is 0 Å². The van der Waals surface area contributed by atoms with Crippen LogP contribution in [-0.4, -0.2) is 53.4 Å². The van der Waals surface area contributed by atoms with Crippen LogP contribution in [0.3, 0.4) is 0 Å². The van der Waals surface area contributed by atoms with Gasteiger partial charge in [0.25, 0.3) is 5.91 Å². The van der Waals surface area contributed by atoms with Gasteiger partial charge in [0.1, 0.15) is 4.88 Å². The number of carbonyl (C=O) groups excluding carboxylic acids is 2. The third-order valence-electron chi connectivity index (χ3n) is 4.29. The molecule has 0 spiro atoms. The van der Waals surface area contributed by atoms with Crippen molar-refractivity contribution < 1.29 is 9.59 Å². The summed E-state index contributed by atoms with van der Waals surface area (Å²) in [6, 6.07) is 0.0631. The number of aryl methyl sites for hydroxylation is 1. The standard InChI is InChI=1S/C16H26N4O2S/c1-4-7-17-15(21)12(3)20-8-5-13(6-9-20)19-16(22)14-11(2)18-10-23-14/h10,12-13H,4-9H2,1-3H3,(H,17,21)(H,19,22)/t12-/m1/s1. The first kappa shape index (κ1) is 17.9. The van der Waals surface area contributed by atoms with E-state index in [0.29, 0.717) is 4.88 Å². The average Bonchev–Trinajstić information content (AvgIpc) is 2.98. The highest BCUT2D eigenvalue weighted by Crippen LogP contribution is 2.16. The Morgan fingerprint density at radius 1 is 1.43 bits per heavy atom. The van der Waals surface area contributed by atoms with Crippen molar-refractivity contribution >= 4 is 23.2 Å². The summed E-state index contributed by atoms with van der Waals surface area (Å²) < 4.78 is 0. The molecule has 1 aliphatic heterocycles. The lowest BCUT2D eigenvalue weighted by Gasteiger charge is -2.35. The van der Waals surface area contributed by atoms with Gasteiger partial charge in [-0.3, -0.25) is 14.5 Å². The molecule has 0 aliphatic carbocycles. The molecule has 7 heteroatoms. The van der Waals surface area contributed by atoms with Crippen LogP contribution in [-0.2, 0) is 4.79 Å². The van der Waals surface area contributed by atoms with E-state index in [9.17, 15) is 9.59 Å². The molecule has 1 atom stereocenters. The van der Waals surface area contributed by atoms with Crippen molar-refractivity contribution in [3.63, 3.8) is 0 Å². The van der Waals surface area contributed by atoms with E-state index in [-0.39, 0.29) is 23.9 Å². The van der Waals surface area contributed by atoms with Gasteiger partial charge in [-0.05, 0) is 33.1 Å². The molecule has 6 nitrogen and oxygen atoms in total. The van der Waals surface area contributed by atoms with Crippen LogP contribution >= 0.6 is 11.3 Å². The van der Waals surface area contributed by atoms with Crippen molar-refractivity contribution in [3.05, 3.63) is 16.1 Å². The van der Waals surface area contributed by atoms with E-state index in [4.69, 9.17) is 0 Å². The lowest BCUT2D eigenvalue weighted by atomic mass is 10.0. The Morgan fingerprint density at radius 3 is 2.70 bits per heavy atom. The van der Waals surface area contributed by atoms with E-state index < -0.39 is 0 Å². The number of piperidine rings is 1. The largest absolute Gasteiger partial charge is 0.355 e. The Kier molecular flexibility index (Phi) is 6.53. The maximum absolute atomic E-state index is 12.2. The van der Waals surface area contributed by atoms with Gasteiger partial charge in [0.15, 0.2) is 0 Å². The van der Waals surface area contributed by atoms with Crippen molar-refractivity contribution in [2.45, 2.75) is 52.1 Å². The summed E-state index contributed by atoms with van der Waals surface area (Å²) in [7, 11) is 0. The van der Waals surface area contributed by atoms with Crippen LogP contribution in [0.2, 0.25) is 0 Å². The summed E-state index contributed by atoms with van der Waals surface area (Å²) in [4.78, 5) is 31.2. The van der Waals surface area contributed by atoms with Gasteiger partial charge in [-0.25, -0.2) is 4.98 Å². The highest BCUT2D eigenvalue weighted by molar-refractivity contribution is 7.11. The zero-order chi connectivity index (χ0) is 16.8. The molecule has 2 amide bonds. The van der Waals surface area contributed by atoms with Gasteiger partial charge < -0.3 is 10.6 Å². The third-order valence-corrected chi connectivity index (χ3v) is 5.22. The number of thiazole rings is 1. The molecule has 0 bridgehead atoms. The molecule has 1 aliphatic rings. The summed E-state index contributed by atoms with van der Waals surface area (Å²) in [5.74, 6) is 0.0619. The van der Waals surface area contributed by atoms with Gasteiger partial charge in [0.2, 0.25) is 5.91 Å². The molecule has 23 heavy (non-hydrogen) atoms. The molecule has 1 saturated heterocycles. The van der Waals surface area contributed by atoms with Crippen molar-refractivity contribution in [1.82, 2.24) is 20.5 Å². The van der Waals surface area contributed by atoms with Crippen molar-refractivity contribution in [1.29, 1.82) is 0 Å². The summed E-state index contributed by atoms with van der Waals surface area (Å²) in [6.45, 7) is 8.23. The number of hydrogen-bond donors (Lipinski definition) is 2. The fourth-order valence-electron chi connectivity index (χ4n) is 2.76. The number of nitrogens with one attached hydrogen (secondary N) is 2. The number of carbonyl (C=O) groups is 2. The average molecular weight is 338 g/mol. The Labute approximate surface area is 141 Å². The van der Waals surface area contributed by atoms with Gasteiger partial charge in [-0.15, -0.1) is 11.3 Å². The number of aromatic nitrogens is 1. The number of nitrogens with zero attached hydrogens (tertiary/aromatic N) is 2. The van der Waals surface area contributed by atoms with Crippen molar-refractivity contribution in [3.8, 4) is 0 Å². The summed E-state index contributed by atoms with van der Waals surface area (Å²) in [5, 5.41) is 6.03. The lowest BCUT2D eigenvalue weighted by Crippen LogP contribution is -2.51. The molecule has 1 aromatic rings. The molecule has 0 saturated carbocycles. The molecule has 2 rings (SSSR count). The first-order chi connectivity index (χ1) is 11.0. The molecular formula is C16H26N4O2S. The van der Waals surface area contributed by atoms with Crippen LogP contribution < -0.4 is 10.6 Å². The number of amides is 2. The SMILES string of the molecule is CCCNC(=O)[C@@H](C)N1CCC(NC(=O)c2scnc2C)CC1. The van der Waals surface area contributed by atoms with Gasteiger partial charge in [0.05, 0.1) is 17.2 Å². The molecule has 1 fully saturated rings. The first-order valence-electron chi connectivity index (χ1n) is 8.25. The maximum atomic E-state index is 12.2. The minimum Gasteiger partial charge on any atom is -0.355 e. The Morgan fingerprint density at radius 2 is 2.13 bits per heavy atom. The van der Waals surface area contributed by atoms with Crippen LogP contribution in [0.25, 0.3) is 0 Å². The quantitative estimate of drug-likeness (QED) is 0.825. The molecular weight excluding hydrogens is 312 g/mol. The predicted octanol–water partition coefficient (Wildman–Crippen LogP) is 1.56. The van der Waals surface area contributed by atoms with E-state index >= 15 is 0 Å². The Bertz CT molecular complexity index is 538. The molecule has 1 aromatic heterocycles. The van der Waals surface area contributed by atoms with E-state index in [0.717, 1.165) is 44.6 Å². The van der Waals surface area contributed by atoms with E-state index in [1.54, 1.807) is 5.51 Å². The van der Waals surface area contributed by atoms with Crippen LogP contribution in [0, 0.1) is 6.92 Å². The maximum Gasteiger partial charge on any atom is 0.263 e. The second-order valence-electron chi connectivity index (χ2n) is 6.02. The summed E-state index contributed by atoms with van der Waals surface area (Å²) in [6.07, 6.45) is 2.69. The van der Waals surface area contributed by atoms with Crippen molar-refractivity contribution in [2.75, 3.05) is 19.6 Å². The van der Waals surface area contributed by atoms with Gasteiger partial charge >= 0.3 is 0 Å². The zero-order valence-electron chi connectivity index (χ0n) is 14.1. The lowest BCUT2D eigenvalue weighted by molar-refractivity contribution is -0.126. The Hall–Kier alpha value is -1.47. The van der Waals surface area contributed by atoms with Crippen molar-refractivity contribution in [2.24, 2.45) is 0 Å². The van der Waals surface area contributed by atoms with E-state index in [1.807, 2.05) is 20.8 Å². The minimum absolute atomic E-state index is 0.0304. The van der Waals surface area contributed by atoms with E-state index in [1.165, 1.54) is 11.3 Å². The topological polar surface area (TPSA) is 74.3 Å². The molecule has 0 aromatic carbocycles. The fourth-order valence-corrected chi connectivity index (χ4v) is 3.47. The van der Waals surface area contributed by atoms with Crippen LogP contribution in [0.15, 0.2) is 5.51 Å². The summed E-state index contributed by atoms with van der Waals surface area (Å²) in [5.41, 5.74) is 2.48. The molecule has 2 heterocycles. The number of rotatable bonds is 6. The Balaban J connectivity index is 1.78. The molecule has 0 radical (unpaired) electrons. The normalized spacial score (nSPS) is 17.7. The van der Waals surface area contributed by atoms with Crippen LogP contribution in [0.1, 0.15) is 48.5 Å². The number of hydrogen-bond acceptors (Lipinski definition) is 5. The minimum atomic E-state index is -0.109. The smallest absolute Gasteiger partial charge is 0.263 e. The highest BCUT2D eigenvalue weighted by Gasteiger charge is 2.27. The molecule has 2 N–H and O–H groups in total. The monoisotopic (exact) mass is 338 g/mol. The zero-order valence-corrected chi connectivity index (χ0v) is 14.9. The van der Waals surface area contributed by atoms with Crippen LogP contribution in [0.5, 0.6) is 0 Å². The fraction of sp³-hybridized carbons (Fsp3) is 0.688. The first-order valence-corrected chi connectivity index (χ1v) is 9.13. The third kappa shape index (κ3) is 4.75. The second kappa shape index (κ2) is 8.40. The summed E-state index contributed by atoms with van der Waals surface area (Å²) >= 11 is 1.38. The van der Waals surface area contributed by atoms with Gasteiger partial charge in [-0.1, -0.05) is 6.92 Å². The predicted molar refractivity (Wildman–Crippen MR) is 91.7 cm³/mol. The number of likely N-dealkylation sites (tertiary alicyclic amines) is 1. The molecule has 128 valence electrons. The highest BCUT2D eigenvalue weighted by atomic mass is 32.1. The van der Waals surface area contributed by atoms with Gasteiger partial charge in [-0.2, -0.15) is 0 Å². The van der Waals surface area contributed by atoms with Gasteiger partial charge in [0, 0.05) is 25.7 Å².